The molecule has 1 atom stereocenters. The number of nitrogens with zero attached hydrogens (tertiary/aromatic N) is 2. The summed E-state index contributed by atoms with van der Waals surface area (Å²) >= 11 is 1.41. The second-order valence-corrected chi connectivity index (χ2v) is 5.59. The van der Waals surface area contributed by atoms with Crippen LogP contribution in [0.1, 0.15) is 24.4 Å². The highest BCUT2D eigenvalue weighted by Crippen LogP contribution is 2.17. The molecular formula is C14H18N4OS. The van der Waals surface area contributed by atoms with Crippen LogP contribution in [-0.2, 0) is 11.2 Å². The van der Waals surface area contributed by atoms with Gasteiger partial charge >= 0.3 is 0 Å². The molecule has 1 aromatic carbocycles. The molecule has 2 aromatic rings. The van der Waals surface area contributed by atoms with Crippen LogP contribution in [-0.4, -0.2) is 22.1 Å². The number of para-hydroxylation sites is 1. The summed E-state index contributed by atoms with van der Waals surface area (Å²) in [5.41, 5.74) is 2.07. The summed E-state index contributed by atoms with van der Waals surface area (Å²) in [7, 11) is 0. The van der Waals surface area contributed by atoms with Crippen LogP contribution in [0.25, 0.3) is 0 Å². The predicted octanol–water partition coefficient (Wildman–Crippen LogP) is 2.85. The van der Waals surface area contributed by atoms with Crippen LogP contribution in [0.5, 0.6) is 0 Å². The van der Waals surface area contributed by atoms with Gasteiger partial charge in [-0.2, -0.15) is 0 Å². The number of benzene rings is 1. The average molecular weight is 290 g/mol. The van der Waals surface area contributed by atoms with Gasteiger partial charge in [-0.25, -0.2) is 0 Å². The van der Waals surface area contributed by atoms with Crippen molar-refractivity contribution in [3.63, 3.8) is 0 Å². The Hall–Kier alpha value is -1.95. The number of aromatic nitrogens is 2. The Balaban J connectivity index is 1.97. The summed E-state index contributed by atoms with van der Waals surface area (Å²) < 4.78 is 0. The molecule has 0 fully saturated rings. The van der Waals surface area contributed by atoms with Gasteiger partial charge in [-0.1, -0.05) is 36.5 Å². The molecule has 0 spiro atoms. The molecule has 0 saturated heterocycles. The van der Waals surface area contributed by atoms with Crippen LogP contribution >= 0.6 is 11.3 Å². The maximum absolute atomic E-state index is 12.1. The van der Waals surface area contributed by atoms with Crippen molar-refractivity contribution in [1.82, 2.24) is 10.2 Å². The Kier molecular flexibility index (Phi) is 4.68. The Labute approximate surface area is 122 Å². The quantitative estimate of drug-likeness (QED) is 0.888. The van der Waals surface area contributed by atoms with Gasteiger partial charge in [0, 0.05) is 5.69 Å². The van der Waals surface area contributed by atoms with E-state index in [0.29, 0.717) is 5.13 Å². The molecule has 0 aliphatic carbocycles. The number of hydrogen-bond donors (Lipinski definition) is 2. The van der Waals surface area contributed by atoms with Crippen molar-refractivity contribution >= 4 is 28.1 Å². The van der Waals surface area contributed by atoms with Crippen molar-refractivity contribution in [1.29, 1.82) is 0 Å². The van der Waals surface area contributed by atoms with Gasteiger partial charge in [0.15, 0.2) is 0 Å². The van der Waals surface area contributed by atoms with E-state index >= 15 is 0 Å². The normalized spacial score (nSPS) is 11.9. The molecule has 20 heavy (non-hydrogen) atoms. The first-order valence-corrected chi connectivity index (χ1v) is 7.37. The smallest absolute Gasteiger partial charge is 0.248 e. The zero-order valence-electron chi connectivity index (χ0n) is 11.8. The highest BCUT2D eigenvalue weighted by Gasteiger charge is 2.15. The number of nitrogens with one attached hydrogen (secondary N) is 2. The number of anilines is 2. The molecule has 106 valence electrons. The SMILES string of the molecule is CCc1nnc(NC(=O)[C@@H](C)Nc2ccccc2C)s1. The third-order valence-electron chi connectivity index (χ3n) is 2.91. The molecule has 0 unspecified atom stereocenters. The van der Waals surface area contributed by atoms with Crippen LogP contribution in [0.4, 0.5) is 10.8 Å². The predicted molar refractivity (Wildman–Crippen MR) is 82.2 cm³/mol. The fraction of sp³-hybridized carbons (Fsp3) is 0.357. The molecule has 0 radical (unpaired) electrons. The van der Waals surface area contributed by atoms with E-state index < -0.39 is 0 Å². The summed E-state index contributed by atoms with van der Waals surface area (Å²) in [5, 5.41) is 15.4. The molecule has 1 aromatic heterocycles. The van der Waals surface area contributed by atoms with Crippen molar-refractivity contribution < 1.29 is 4.79 Å². The summed E-state index contributed by atoms with van der Waals surface area (Å²) in [6.45, 7) is 5.84. The molecule has 0 aliphatic heterocycles. The van der Waals surface area contributed by atoms with Crippen LogP contribution < -0.4 is 10.6 Å². The Morgan fingerprint density at radius 3 is 2.75 bits per heavy atom. The van der Waals surface area contributed by atoms with E-state index in [4.69, 9.17) is 0 Å². The number of carbonyl (C=O) groups excluding carboxylic acids is 1. The first kappa shape index (κ1) is 14.5. The summed E-state index contributed by atoms with van der Waals surface area (Å²) in [4.78, 5) is 12.1. The lowest BCUT2D eigenvalue weighted by molar-refractivity contribution is -0.116. The highest BCUT2D eigenvalue weighted by atomic mass is 32.1. The van der Waals surface area contributed by atoms with Crippen molar-refractivity contribution in [2.24, 2.45) is 0 Å². The minimum atomic E-state index is -0.343. The van der Waals surface area contributed by atoms with E-state index in [0.717, 1.165) is 22.7 Å². The number of hydrogen-bond acceptors (Lipinski definition) is 5. The van der Waals surface area contributed by atoms with E-state index in [2.05, 4.69) is 20.8 Å². The third kappa shape index (κ3) is 3.54. The maximum atomic E-state index is 12.1. The summed E-state index contributed by atoms with van der Waals surface area (Å²) in [5.74, 6) is -0.118. The van der Waals surface area contributed by atoms with E-state index in [9.17, 15) is 4.79 Å². The average Bonchev–Trinajstić information content (AvgIpc) is 2.89. The van der Waals surface area contributed by atoms with Crippen molar-refractivity contribution in [3.8, 4) is 0 Å². The Bertz CT molecular complexity index is 596. The number of carbonyl (C=O) groups is 1. The Morgan fingerprint density at radius 1 is 1.35 bits per heavy atom. The zero-order valence-corrected chi connectivity index (χ0v) is 12.6. The van der Waals surface area contributed by atoms with Gasteiger partial charge in [-0.05, 0) is 31.9 Å². The highest BCUT2D eigenvalue weighted by molar-refractivity contribution is 7.15. The molecule has 0 saturated carbocycles. The minimum absolute atomic E-state index is 0.118. The zero-order chi connectivity index (χ0) is 14.5. The molecule has 0 aliphatic rings. The topological polar surface area (TPSA) is 66.9 Å². The number of aryl methyl sites for hydroxylation is 2. The monoisotopic (exact) mass is 290 g/mol. The molecule has 0 bridgehead atoms. The van der Waals surface area contributed by atoms with E-state index in [1.807, 2.05) is 45.0 Å². The standard InChI is InChI=1S/C14H18N4OS/c1-4-12-17-18-14(20-12)16-13(19)10(3)15-11-8-6-5-7-9(11)2/h5-8,10,15H,4H2,1-3H3,(H,16,18,19)/t10-/m1/s1. The van der Waals surface area contributed by atoms with Crippen LogP contribution in [0, 0.1) is 6.92 Å². The van der Waals surface area contributed by atoms with Gasteiger partial charge in [0.05, 0.1) is 0 Å². The third-order valence-corrected chi connectivity index (χ3v) is 3.89. The molecule has 1 amide bonds. The minimum Gasteiger partial charge on any atom is -0.374 e. The van der Waals surface area contributed by atoms with E-state index in [-0.39, 0.29) is 11.9 Å². The summed E-state index contributed by atoms with van der Waals surface area (Å²) in [6.07, 6.45) is 0.824. The molecule has 1 heterocycles. The van der Waals surface area contributed by atoms with E-state index in [1.165, 1.54) is 11.3 Å². The van der Waals surface area contributed by atoms with Crippen LogP contribution in [0.15, 0.2) is 24.3 Å². The van der Waals surface area contributed by atoms with Gasteiger partial charge in [0.25, 0.3) is 0 Å². The fourth-order valence-corrected chi connectivity index (χ4v) is 2.38. The Morgan fingerprint density at radius 2 is 2.10 bits per heavy atom. The van der Waals surface area contributed by atoms with Crippen LogP contribution in [0.2, 0.25) is 0 Å². The van der Waals surface area contributed by atoms with Gasteiger partial charge < -0.3 is 5.32 Å². The first-order chi connectivity index (χ1) is 9.60. The van der Waals surface area contributed by atoms with Crippen molar-refractivity contribution in [2.75, 3.05) is 10.6 Å². The first-order valence-electron chi connectivity index (χ1n) is 6.55. The molecule has 2 N–H and O–H groups in total. The molecular weight excluding hydrogens is 272 g/mol. The maximum Gasteiger partial charge on any atom is 0.248 e. The van der Waals surface area contributed by atoms with Gasteiger partial charge in [0.1, 0.15) is 11.0 Å². The lowest BCUT2D eigenvalue weighted by Crippen LogP contribution is -2.32. The van der Waals surface area contributed by atoms with Crippen LogP contribution in [0.3, 0.4) is 0 Å². The largest absolute Gasteiger partial charge is 0.374 e. The lowest BCUT2D eigenvalue weighted by Gasteiger charge is -2.15. The van der Waals surface area contributed by atoms with Crippen molar-refractivity contribution in [3.05, 3.63) is 34.8 Å². The van der Waals surface area contributed by atoms with Gasteiger partial charge in [-0.3, -0.25) is 10.1 Å². The van der Waals surface area contributed by atoms with E-state index in [1.54, 1.807) is 0 Å². The lowest BCUT2D eigenvalue weighted by atomic mass is 10.2. The van der Waals surface area contributed by atoms with Gasteiger partial charge in [0.2, 0.25) is 11.0 Å². The molecule has 5 nitrogen and oxygen atoms in total. The second kappa shape index (κ2) is 6.47. The fourth-order valence-electron chi connectivity index (χ4n) is 1.69. The molecule has 2 rings (SSSR count). The number of rotatable bonds is 5. The summed E-state index contributed by atoms with van der Waals surface area (Å²) in [6, 6.07) is 7.53. The van der Waals surface area contributed by atoms with Crippen molar-refractivity contribution in [2.45, 2.75) is 33.2 Å². The number of amides is 1. The molecule has 6 heteroatoms. The second-order valence-electron chi connectivity index (χ2n) is 4.52. The van der Waals surface area contributed by atoms with Gasteiger partial charge in [-0.15, -0.1) is 10.2 Å².